The van der Waals surface area contributed by atoms with Crippen LogP contribution in [-0.2, 0) is 0 Å². The van der Waals surface area contributed by atoms with Crippen LogP contribution in [0.1, 0.15) is 0 Å². The van der Waals surface area contributed by atoms with E-state index in [9.17, 15) is 15.3 Å². The molecule has 4 aromatic rings. The molecule has 0 bridgehead atoms. The Labute approximate surface area is 140 Å². The summed E-state index contributed by atoms with van der Waals surface area (Å²) in [4.78, 5) is 0. The van der Waals surface area contributed by atoms with Crippen molar-refractivity contribution in [1.82, 2.24) is 35.4 Å². The van der Waals surface area contributed by atoms with Crippen molar-refractivity contribution in [3.63, 3.8) is 0 Å². The molecule has 25 heavy (non-hydrogen) atoms. The highest BCUT2D eigenvalue weighted by Gasteiger charge is 2.21. The normalized spacial score (nSPS) is 10.9. The van der Waals surface area contributed by atoms with Crippen LogP contribution < -0.4 is 0 Å². The lowest BCUT2D eigenvalue weighted by Crippen LogP contribution is -2.00. The number of hydrogen-bond donors (Lipinski definition) is 4. The molecule has 0 unspecified atom stereocenters. The third kappa shape index (κ3) is 2.41. The van der Waals surface area contributed by atoms with Crippen molar-refractivity contribution >= 4 is 0 Å². The van der Waals surface area contributed by atoms with Gasteiger partial charge in [0.15, 0.2) is 11.6 Å². The SMILES string of the molecule is Oc1ccc(-c2nnc(O)n2-c2ccccc2-c2nnn[nH]2)c(O)c1. The van der Waals surface area contributed by atoms with Crippen LogP contribution in [0.3, 0.4) is 0 Å². The molecule has 0 radical (unpaired) electrons. The van der Waals surface area contributed by atoms with E-state index in [1.165, 1.54) is 22.8 Å². The summed E-state index contributed by atoms with van der Waals surface area (Å²) in [5, 5.41) is 51.1. The Morgan fingerprint density at radius 2 is 1.72 bits per heavy atom. The van der Waals surface area contributed by atoms with Crippen LogP contribution in [0.2, 0.25) is 0 Å². The van der Waals surface area contributed by atoms with Gasteiger partial charge in [0.25, 0.3) is 0 Å². The zero-order valence-electron chi connectivity index (χ0n) is 12.6. The molecule has 0 aliphatic heterocycles. The number of benzene rings is 2. The molecule has 0 atom stereocenters. The van der Waals surface area contributed by atoms with Crippen molar-refractivity contribution in [3.8, 4) is 46.0 Å². The van der Waals surface area contributed by atoms with Crippen LogP contribution in [0.25, 0.3) is 28.5 Å². The lowest BCUT2D eigenvalue weighted by atomic mass is 10.1. The molecule has 0 fully saturated rings. The van der Waals surface area contributed by atoms with Gasteiger partial charge in [0.05, 0.1) is 11.3 Å². The van der Waals surface area contributed by atoms with Gasteiger partial charge in [-0.05, 0) is 34.7 Å². The monoisotopic (exact) mass is 337 g/mol. The minimum Gasteiger partial charge on any atom is -0.508 e. The number of phenolic OH excluding ortho intramolecular Hbond substituents is 2. The first-order valence-electron chi connectivity index (χ1n) is 7.15. The fraction of sp³-hybridized carbons (Fsp3) is 0. The topological polar surface area (TPSA) is 146 Å². The number of rotatable bonds is 3. The van der Waals surface area contributed by atoms with Gasteiger partial charge in [-0.1, -0.05) is 17.2 Å². The van der Waals surface area contributed by atoms with E-state index in [2.05, 4.69) is 30.8 Å². The molecule has 0 saturated carbocycles. The van der Waals surface area contributed by atoms with Gasteiger partial charge in [-0.25, -0.2) is 9.67 Å². The number of aromatic nitrogens is 7. The van der Waals surface area contributed by atoms with Crippen molar-refractivity contribution in [2.24, 2.45) is 0 Å². The number of aromatic amines is 1. The minimum atomic E-state index is -0.373. The van der Waals surface area contributed by atoms with Gasteiger partial charge in [0.2, 0.25) is 0 Å². The van der Waals surface area contributed by atoms with Crippen LogP contribution in [0, 0.1) is 0 Å². The first kappa shape index (κ1) is 14.6. The second-order valence-corrected chi connectivity index (χ2v) is 5.13. The highest BCUT2D eigenvalue weighted by molar-refractivity contribution is 5.73. The smallest absolute Gasteiger partial charge is 0.319 e. The summed E-state index contributed by atoms with van der Waals surface area (Å²) < 4.78 is 1.35. The molecule has 2 aromatic carbocycles. The molecule has 0 aliphatic carbocycles. The molecule has 0 saturated heterocycles. The van der Waals surface area contributed by atoms with E-state index in [0.717, 1.165) is 0 Å². The summed E-state index contributed by atoms with van der Waals surface area (Å²) >= 11 is 0. The van der Waals surface area contributed by atoms with Gasteiger partial charge >= 0.3 is 6.01 Å². The number of H-pyrrole nitrogens is 1. The zero-order chi connectivity index (χ0) is 17.4. The Bertz CT molecular complexity index is 1040. The Morgan fingerprint density at radius 3 is 2.48 bits per heavy atom. The number of nitrogens with one attached hydrogen (secondary N) is 1. The average Bonchev–Trinajstić information content (AvgIpc) is 3.25. The Balaban J connectivity index is 1.96. The summed E-state index contributed by atoms with van der Waals surface area (Å²) in [6.45, 7) is 0. The maximum absolute atomic E-state index is 10.2. The number of tetrazole rings is 1. The van der Waals surface area contributed by atoms with E-state index in [-0.39, 0.29) is 28.9 Å². The van der Waals surface area contributed by atoms with E-state index in [4.69, 9.17) is 0 Å². The lowest BCUT2D eigenvalue weighted by molar-refractivity contribution is 0.420. The fourth-order valence-corrected chi connectivity index (χ4v) is 2.52. The molecule has 10 nitrogen and oxygen atoms in total. The number of phenols is 2. The van der Waals surface area contributed by atoms with Gasteiger partial charge in [0, 0.05) is 11.6 Å². The highest BCUT2D eigenvalue weighted by atomic mass is 16.3. The average molecular weight is 337 g/mol. The van der Waals surface area contributed by atoms with Crippen molar-refractivity contribution in [2.45, 2.75) is 0 Å². The van der Waals surface area contributed by atoms with Gasteiger partial charge in [-0.15, -0.1) is 10.2 Å². The minimum absolute atomic E-state index is 0.0929. The molecular formula is C15H11N7O3. The highest BCUT2D eigenvalue weighted by Crippen LogP contribution is 2.36. The number of aromatic hydroxyl groups is 3. The molecular weight excluding hydrogens is 326 g/mol. The molecule has 10 heteroatoms. The van der Waals surface area contributed by atoms with E-state index < -0.39 is 0 Å². The van der Waals surface area contributed by atoms with Crippen LogP contribution in [0.4, 0.5) is 0 Å². The number of nitrogens with zero attached hydrogens (tertiary/aromatic N) is 6. The molecule has 0 amide bonds. The predicted molar refractivity (Wildman–Crippen MR) is 85.0 cm³/mol. The van der Waals surface area contributed by atoms with Crippen molar-refractivity contribution in [3.05, 3.63) is 42.5 Å². The third-order valence-corrected chi connectivity index (χ3v) is 3.61. The van der Waals surface area contributed by atoms with E-state index in [1.54, 1.807) is 24.3 Å². The van der Waals surface area contributed by atoms with Crippen molar-refractivity contribution in [1.29, 1.82) is 0 Å². The first-order chi connectivity index (χ1) is 12.1. The van der Waals surface area contributed by atoms with E-state index >= 15 is 0 Å². The number of para-hydroxylation sites is 1. The fourth-order valence-electron chi connectivity index (χ4n) is 2.52. The van der Waals surface area contributed by atoms with Gasteiger partial charge in [-0.2, -0.15) is 0 Å². The summed E-state index contributed by atoms with van der Waals surface area (Å²) in [5.41, 5.74) is 1.39. The summed E-state index contributed by atoms with van der Waals surface area (Å²) in [6, 6.07) is 10.7. The summed E-state index contributed by atoms with van der Waals surface area (Å²) in [6.07, 6.45) is 0. The van der Waals surface area contributed by atoms with E-state index in [0.29, 0.717) is 17.1 Å². The second kappa shape index (κ2) is 5.60. The largest absolute Gasteiger partial charge is 0.508 e. The van der Waals surface area contributed by atoms with Gasteiger partial charge in [0.1, 0.15) is 11.5 Å². The third-order valence-electron chi connectivity index (χ3n) is 3.61. The maximum atomic E-state index is 10.2. The van der Waals surface area contributed by atoms with Crippen LogP contribution >= 0.6 is 0 Å². The Kier molecular flexibility index (Phi) is 3.28. The lowest BCUT2D eigenvalue weighted by Gasteiger charge is -2.12. The zero-order valence-corrected chi connectivity index (χ0v) is 12.6. The Hall–Kier alpha value is -3.95. The molecule has 124 valence electrons. The standard InChI is InChI=1S/C15H11N7O3/c23-8-5-6-10(12(24)7-8)14-18-19-15(25)22(14)11-4-2-1-3-9(11)13-16-20-21-17-13/h1-7,23-24H,(H,19,25)(H,16,17,20,21). The quantitative estimate of drug-likeness (QED) is 0.436. The summed E-state index contributed by atoms with van der Waals surface area (Å²) in [7, 11) is 0. The predicted octanol–water partition coefficient (Wildman–Crippen LogP) is 1.23. The van der Waals surface area contributed by atoms with Gasteiger partial charge < -0.3 is 15.3 Å². The van der Waals surface area contributed by atoms with Crippen LogP contribution in [-0.4, -0.2) is 50.7 Å². The van der Waals surface area contributed by atoms with Crippen molar-refractivity contribution < 1.29 is 15.3 Å². The van der Waals surface area contributed by atoms with Crippen LogP contribution in [0.5, 0.6) is 17.5 Å². The molecule has 0 spiro atoms. The molecule has 4 N–H and O–H groups in total. The number of hydrogen-bond acceptors (Lipinski definition) is 8. The molecule has 4 rings (SSSR count). The van der Waals surface area contributed by atoms with Crippen molar-refractivity contribution in [2.75, 3.05) is 0 Å². The molecule has 2 aromatic heterocycles. The molecule has 0 aliphatic rings. The first-order valence-corrected chi connectivity index (χ1v) is 7.15. The van der Waals surface area contributed by atoms with Gasteiger partial charge in [-0.3, -0.25) is 0 Å². The molecule has 2 heterocycles. The second-order valence-electron chi connectivity index (χ2n) is 5.13. The Morgan fingerprint density at radius 1 is 0.880 bits per heavy atom. The van der Waals surface area contributed by atoms with Crippen LogP contribution in [0.15, 0.2) is 42.5 Å². The summed E-state index contributed by atoms with van der Waals surface area (Å²) in [5.74, 6) is 0.289. The van der Waals surface area contributed by atoms with E-state index in [1.807, 2.05) is 0 Å². The maximum Gasteiger partial charge on any atom is 0.319 e.